The number of nitrogens with two attached hydrogens (primary N) is 1. The minimum absolute atomic E-state index is 0.0634. The lowest BCUT2D eigenvalue weighted by Gasteiger charge is -2.30. The predicted octanol–water partition coefficient (Wildman–Crippen LogP) is 2.22. The summed E-state index contributed by atoms with van der Waals surface area (Å²) in [6.07, 6.45) is 1.59. The van der Waals surface area contributed by atoms with Crippen LogP contribution in [0.4, 0.5) is 0 Å². The summed E-state index contributed by atoms with van der Waals surface area (Å²) in [7, 11) is -2.24. The summed E-state index contributed by atoms with van der Waals surface area (Å²) in [6.45, 7) is 0.777. The molecule has 0 aromatic heterocycles. The maximum atomic E-state index is 12.7. The van der Waals surface area contributed by atoms with E-state index in [1.807, 2.05) is 0 Å². The molecule has 2 N–H and O–H groups in total. The molecule has 1 aliphatic rings. The van der Waals surface area contributed by atoms with Crippen molar-refractivity contribution in [3.8, 4) is 5.75 Å². The van der Waals surface area contributed by atoms with Crippen LogP contribution >= 0.6 is 27.5 Å². The van der Waals surface area contributed by atoms with Crippen LogP contribution in [0.5, 0.6) is 5.75 Å². The lowest BCUT2D eigenvalue weighted by atomic mass is 10.1. The number of piperidine rings is 1. The molecule has 20 heavy (non-hydrogen) atoms. The first-order valence-electron chi connectivity index (χ1n) is 6.15. The number of methoxy groups -OCH3 is 1. The van der Waals surface area contributed by atoms with Crippen molar-refractivity contribution in [2.45, 2.75) is 23.8 Å². The third-order valence-electron chi connectivity index (χ3n) is 3.22. The van der Waals surface area contributed by atoms with Crippen molar-refractivity contribution in [3.05, 3.63) is 21.6 Å². The molecule has 1 aromatic carbocycles. The van der Waals surface area contributed by atoms with Gasteiger partial charge in [-0.3, -0.25) is 0 Å². The lowest BCUT2D eigenvalue weighted by molar-refractivity contribution is 0.314. The lowest BCUT2D eigenvalue weighted by Crippen LogP contribution is -2.45. The number of sulfonamides is 1. The van der Waals surface area contributed by atoms with Crippen LogP contribution < -0.4 is 10.5 Å². The van der Waals surface area contributed by atoms with Crippen LogP contribution in [0.1, 0.15) is 12.8 Å². The summed E-state index contributed by atoms with van der Waals surface area (Å²) in [5.41, 5.74) is 5.86. The first-order valence-corrected chi connectivity index (χ1v) is 8.76. The third kappa shape index (κ3) is 3.12. The Bertz CT molecular complexity index is 609. The summed E-state index contributed by atoms with van der Waals surface area (Å²) in [6, 6.07) is 2.87. The van der Waals surface area contributed by atoms with Crippen molar-refractivity contribution in [3.63, 3.8) is 0 Å². The van der Waals surface area contributed by atoms with E-state index in [0.29, 0.717) is 22.6 Å². The van der Waals surface area contributed by atoms with E-state index in [2.05, 4.69) is 15.9 Å². The second-order valence-electron chi connectivity index (χ2n) is 4.68. The van der Waals surface area contributed by atoms with E-state index < -0.39 is 10.0 Å². The van der Waals surface area contributed by atoms with Gasteiger partial charge in [-0.2, -0.15) is 4.31 Å². The molecule has 0 unspecified atom stereocenters. The van der Waals surface area contributed by atoms with Gasteiger partial charge in [0, 0.05) is 24.2 Å². The Labute approximate surface area is 132 Å². The van der Waals surface area contributed by atoms with Gasteiger partial charge in [0.15, 0.2) is 5.75 Å². The number of halogens is 2. The summed E-state index contributed by atoms with van der Waals surface area (Å²) in [4.78, 5) is 0.0634. The van der Waals surface area contributed by atoms with Crippen molar-refractivity contribution in [1.82, 2.24) is 4.31 Å². The molecule has 8 heteroatoms. The Morgan fingerprint density at radius 1 is 1.50 bits per heavy atom. The molecular weight excluding hydrogens is 368 g/mol. The van der Waals surface area contributed by atoms with Gasteiger partial charge in [-0.15, -0.1) is 0 Å². The molecule has 0 spiro atoms. The number of ether oxygens (including phenoxy) is 1. The van der Waals surface area contributed by atoms with Gasteiger partial charge in [0.25, 0.3) is 0 Å². The van der Waals surface area contributed by atoms with E-state index in [1.165, 1.54) is 17.5 Å². The number of nitrogens with zero attached hydrogens (tertiary/aromatic N) is 1. The molecule has 0 amide bonds. The van der Waals surface area contributed by atoms with Crippen LogP contribution in [-0.2, 0) is 10.0 Å². The summed E-state index contributed by atoms with van der Waals surface area (Å²) < 4.78 is 32.5. The smallest absolute Gasteiger partial charge is 0.246 e. The van der Waals surface area contributed by atoms with E-state index in [9.17, 15) is 8.42 Å². The second-order valence-corrected chi connectivity index (χ2v) is 7.88. The Morgan fingerprint density at radius 3 is 2.80 bits per heavy atom. The van der Waals surface area contributed by atoms with E-state index in [1.54, 1.807) is 6.07 Å². The molecule has 0 aliphatic carbocycles. The van der Waals surface area contributed by atoms with Gasteiger partial charge in [-0.05, 0) is 40.9 Å². The Hall–Kier alpha value is -0.340. The normalized spacial score (nSPS) is 20.9. The predicted molar refractivity (Wildman–Crippen MR) is 81.7 cm³/mol. The molecule has 112 valence electrons. The van der Waals surface area contributed by atoms with Gasteiger partial charge in [0.2, 0.25) is 10.0 Å². The van der Waals surface area contributed by atoms with Crippen molar-refractivity contribution >= 4 is 37.6 Å². The molecule has 1 aliphatic heterocycles. The highest BCUT2D eigenvalue weighted by Crippen LogP contribution is 2.37. The van der Waals surface area contributed by atoms with E-state index in [0.717, 1.165) is 12.8 Å². The van der Waals surface area contributed by atoms with Gasteiger partial charge >= 0.3 is 0 Å². The highest BCUT2D eigenvalue weighted by atomic mass is 79.9. The summed E-state index contributed by atoms with van der Waals surface area (Å²) in [5, 5.41) is 0.331. The third-order valence-corrected chi connectivity index (χ3v) is 5.89. The number of hydrogen-bond donors (Lipinski definition) is 1. The van der Waals surface area contributed by atoms with Crippen LogP contribution in [0.25, 0.3) is 0 Å². The molecular formula is C12H16BrClN2O3S. The quantitative estimate of drug-likeness (QED) is 0.868. The topological polar surface area (TPSA) is 72.6 Å². The van der Waals surface area contributed by atoms with Gasteiger partial charge < -0.3 is 10.5 Å². The maximum Gasteiger partial charge on any atom is 0.246 e. The first kappa shape index (κ1) is 16.0. The monoisotopic (exact) mass is 382 g/mol. The van der Waals surface area contributed by atoms with Crippen LogP contribution in [0.15, 0.2) is 21.5 Å². The van der Waals surface area contributed by atoms with Crippen molar-refractivity contribution < 1.29 is 13.2 Å². The molecule has 1 atom stereocenters. The Kier molecular flexibility index (Phi) is 4.96. The number of rotatable bonds is 3. The molecule has 2 rings (SSSR count). The SMILES string of the molecule is COc1c(Br)cc(Cl)cc1S(=O)(=O)N1CCC[C@@H](N)C1. The average Bonchev–Trinajstić information content (AvgIpc) is 2.38. The highest BCUT2D eigenvalue weighted by Gasteiger charge is 2.32. The summed E-state index contributed by atoms with van der Waals surface area (Å²) in [5.74, 6) is 0.258. The zero-order valence-corrected chi connectivity index (χ0v) is 14.1. The molecule has 1 fully saturated rings. The Morgan fingerprint density at radius 2 is 2.20 bits per heavy atom. The van der Waals surface area contributed by atoms with Crippen LogP contribution in [0, 0.1) is 0 Å². The first-order chi connectivity index (χ1) is 9.36. The second kappa shape index (κ2) is 6.19. The van der Waals surface area contributed by atoms with E-state index >= 15 is 0 Å². The van der Waals surface area contributed by atoms with Crippen molar-refractivity contribution in [2.75, 3.05) is 20.2 Å². The van der Waals surface area contributed by atoms with Crippen LogP contribution in [0.3, 0.4) is 0 Å². The highest BCUT2D eigenvalue weighted by molar-refractivity contribution is 9.10. The fourth-order valence-electron chi connectivity index (χ4n) is 2.26. The molecule has 1 heterocycles. The largest absolute Gasteiger partial charge is 0.494 e. The summed E-state index contributed by atoms with van der Waals surface area (Å²) >= 11 is 9.23. The molecule has 0 bridgehead atoms. The molecule has 1 saturated heterocycles. The Balaban J connectivity index is 2.48. The number of hydrogen-bond acceptors (Lipinski definition) is 4. The minimum atomic E-state index is -3.67. The van der Waals surface area contributed by atoms with Crippen LogP contribution in [-0.4, -0.2) is 39.0 Å². The van der Waals surface area contributed by atoms with Crippen molar-refractivity contribution in [2.24, 2.45) is 5.73 Å². The average molecular weight is 384 g/mol. The van der Waals surface area contributed by atoms with Crippen molar-refractivity contribution in [1.29, 1.82) is 0 Å². The van der Waals surface area contributed by atoms with Crippen LogP contribution in [0.2, 0.25) is 5.02 Å². The van der Waals surface area contributed by atoms with Gasteiger partial charge in [0.1, 0.15) is 4.90 Å². The van der Waals surface area contributed by atoms with E-state index in [-0.39, 0.29) is 16.7 Å². The van der Waals surface area contributed by atoms with Gasteiger partial charge in [0.05, 0.1) is 11.6 Å². The van der Waals surface area contributed by atoms with Gasteiger partial charge in [-0.1, -0.05) is 11.6 Å². The molecule has 1 aromatic rings. The standard InChI is InChI=1S/C12H16BrClN2O3S/c1-19-12-10(13)5-8(14)6-11(12)20(17,18)16-4-2-3-9(15)7-16/h5-6,9H,2-4,7,15H2,1H3/t9-/m1/s1. The maximum absolute atomic E-state index is 12.7. The number of benzene rings is 1. The van der Waals surface area contributed by atoms with E-state index in [4.69, 9.17) is 22.1 Å². The molecule has 0 radical (unpaired) electrons. The molecule has 0 saturated carbocycles. The fraction of sp³-hybridized carbons (Fsp3) is 0.500. The minimum Gasteiger partial charge on any atom is -0.494 e. The fourth-order valence-corrected chi connectivity index (χ4v) is 5.16. The van der Waals surface area contributed by atoms with Gasteiger partial charge in [-0.25, -0.2) is 8.42 Å². The molecule has 5 nitrogen and oxygen atoms in total. The zero-order chi connectivity index (χ0) is 14.9. The zero-order valence-electron chi connectivity index (χ0n) is 11.0.